The van der Waals surface area contributed by atoms with Crippen LogP contribution >= 0.6 is 0 Å². The molecule has 30 heavy (non-hydrogen) atoms. The summed E-state index contributed by atoms with van der Waals surface area (Å²) in [6, 6.07) is 0. The second kappa shape index (κ2) is 19.0. The van der Waals surface area contributed by atoms with Gasteiger partial charge in [0.2, 0.25) is 0 Å². The van der Waals surface area contributed by atoms with Gasteiger partial charge in [-0.3, -0.25) is 24.0 Å². The number of carbonyl (C=O) groups is 6. The molecular weight excluding hydrogens is 420 g/mol. The summed E-state index contributed by atoms with van der Waals surface area (Å²) in [4.78, 5) is 58.5. The zero-order valence-electron chi connectivity index (χ0n) is 16.3. The summed E-state index contributed by atoms with van der Waals surface area (Å²) in [5.74, 6) is -7.14. The highest BCUT2D eigenvalue weighted by molar-refractivity contribution is 5.88. The average molecular weight is 446 g/mol. The van der Waals surface area contributed by atoms with Crippen LogP contribution in [0.5, 0.6) is 0 Å². The average Bonchev–Trinajstić information content (AvgIpc) is 2.50. The number of aliphatic carboxylic acids is 5. The number of carboxylic acids is 5. The van der Waals surface area contributed by atoms with E-state index in [2.05, 4.69) is 4.74 Å². The molecule has 0 heterocycles. The molecule has 0 aliphatic carbocycles. The van der Waals surface area contributed by atoms with E-state index in [4.69, 9.17) is 50.4 Å². The van der Waals surface area contributed by atoms with Crippen molar-refractivity contribution in [1.29, 1.82) is 0 Å². The maximum atomic E-state index is 10.3. The minimum atomic E-state index is -2.74. The van der Waals surface area contributed by atoms with Crippen molar-refractivity contribution in [2.75, 3.05) is 13.2 Å². The van der Waals surface area contributed by atoms with E-state index in [1.807, 2.05) is 0 Å². The molecule has 0 saturated carbocycles. The molecule has 0 saturated heterocycles. The first-order valence-electron chi connectivity index (χ1n) is 7.61. The molecule has 1 atom stereocenters. The number of rotatable bonds is 8. The quantitative estimate of drug-likeness (QED) is 0.184. The molecule has 0 spiro atoms. The molecule has 0 aromatic rings. The molecule has 15 nitrogen and oxygen atoms in total. The SMILES string of the molecule is CC(=O)O.CC(=O)O.CC(=O)OCC(O)CO.O=C(O)CC(O)(CC(=O)O)C(=O)O. The van der Waals surface area contributed by atoms with Crippen LogP contribution < -0.4 is 0 Å². The van der Waals surface area contributed by atoms with E-state index < -0.39 is 60.4 Å². The van der Waals surface area contributed by atoms with Gasteiger partial charge in [-0.05, 0) is 0 Å². The Kier molecular flexibility index (Phi) is 21.7. The summed E-state index contributed by atoms with van der Waals surface area (Å²) >= 11 is 0. The number of ether oxygens (including phenoxy) is 1. The highest BCUT2D eigenvalue weighted by atomic mass is 16.5. The predicted octanol–water partition coefficient (Wildman–Crippen LogP) is -2.16. The summed E-state index contributed by atoms with van der Waals surface area (Å²) in [6.07, 6.45) is -3.24. The Bertz CT molecular complexity index is 532. The van der Waals surface area contributed by atoms with Gasteiger partial charge >= 0.3 is 23.9 Å². The Labute approximate surface area is 169 Å². The van der Waals surface area contributed by atoms with Crippen LogP contribution in [0, 0.1) is 0 Å². The molecule has 1 unspecified atom stereocenters. The molecule has 15 heteroatoms. The van der Waals surface area contributed by atoms with Crippen LogP contribution in [-0.2, 0) is 33.5 Å². The molecule has 0 aliphatic rings. The van der Waals surface area contributed by atoms with Crippen LogP contribution in [0.4, 0.5) is 0 Å². The van der Waals surface area contributed by atoms with Crippen LogP contribution in [0.25, 0.3) is 0 Å². The van der Waals surface area contributed by atoms with Crippen molar-refractivity contribution in [2.24, 2.45) is 0 Å². The molecule has 8 N–H and O–H groups in total. The smallest absolute Gasteiger partial charge is 0.336 e. The first kappa shape index (κ1) is 34.2. The topological polar surface area (TPSA) is 273 Å². The van der Waals surface area contributed by atoms with E-state index in [9.17, 15) is 19.2 Å². The minimum absolute atomic E-state index is 0.133. The van der Waals surface area contributed by atoms with Crippen LogP contribution in [0.2, 0.25) is 0 Å². The lowest BCUT2D eigenvalue weighted by Gasteiger charge is -2.18. The van der Waals surface area contributed by atoms with Crippen molar-refractivity contribution in [3.8, 4) is 0 Å². The highest BCUT2D eigenvalue weighted by Gasteiger charge is 2.40. The van der Waals surface area contributed by atoms with E-state index in [-0.39, 0.29) is 13.2 Å². The number of carbonyl (C=O) groups excluding carboxylic acids is 1. The van der Waals surface area contributed by atoms with Gasteiger partial charge in [-0.15, -0.1) is 0 Å². The van der Waals surface area contributed by atoms with Crippen LogP contribution in [-0.4, -0.2) is 102 Å². The minimum Gasteiger partial charge on any atom is -0.481 e. The largest absolute Gasteiger partial charge is 0.481 e. The van der Waals surface area contributed by atoms with E-state index in [0.29, 0.717) is 0 Å². The molecule has 0 fully saturated rings. The number of carboxylic acid groups (broad SMARTS) is 5. The third-order valence-corrected chi connectivity index (χ3v) is 1.98. The predicted molar refractivity (Wildman–Crippen MR) is 93.4 cm³/mol. The van der Waals surface area contributed by atoms with Crippen LogP contribution in [0.3, 0.4) is 0 Å². The standard InChI is InChI=1S/C6H8O7.C5H10O4.2C2H4O2/c7-3(8)1-6(13,5(11)12)2-4(9)10;1-4(7)9-3-5(8)2-6;2*1-2(3)4/h13H,1-2H2,(H,7,8)(H,9,10)(H,11,12);5-6,8H,2-3H2,1H3;2*1H3,(H,3,4). The van der Waals surface area contributed by atoms with E-state index in [1.165, 1.54) is 6.92 Å². The zero-order chi connectivity index (χ0) is 25.1. The third-order valence-electron chi connectivity index (χ3n) is 1.98. The van der Waals surface area contributed by atoms with E-state index in [1.54, 1.807) is 0 Å². The lowest BCUT2D eigenvalue weighted by molar-refractivity contribution is -0.170. The fourth-order valence-electron chi connectivity index (χ4n) is 0.980. The second-order valence-electron chi connectivity index (χ2n) is 5.15. The van der Waals surface area contributed by atoms with Crippen LogP contribution in [0.15, 0.2) is 0 Å². The van der Waals surface area contributed by atoms with Crippen LogP contribution in [0.1, 0.15) is 33.6 Å². The van der Waals surface area contributed by atoms with Crippen molar-refractivity contribution in [1.82, 2.24) is 0 Å². The third kappa shape index (κ3) is 35.7. The maximum Gasteiger partial charge on any atom is 0.336 e. The normalized spacial score (nSPS) is 10.2. The fraction of sp³-hybridized carbons (Fsp3) is 0.600. The Morgan fingerprint density at radius 2 is 1.10 bits per heavy atom. The maximum absolute atomic E-state index is 10.3. The van der Waals surface area contributed by atoms with Gasteiger partial charge in [0.15, 0.2) is 5.60 Å². The van der Waals surface area contributed by atoms with Gasteiger partial charge in [-0.25, -0.2) is 4.79 Å². The molecule has 0 rings (SSSR count). The Morgan fingerprint density at radius 3 is 1.27 bits per heavy atom. The van der Waals surface area contributed by atoms with Crippen molar-refractivity contribution >= 4 is 35.8 Å². The molecule has 0 aromatic carbocycles. The number of aliphatic hydroxyl groups is 3. The van der Waals surface area contributed by atoms with Gasteiger partial charge in [-0.1, -0.05) is 0 Å². The first-order valence-corrected chi connectivity index (χ1v) is 7.61. The summed E-state index contributed by atoms with van der Waals surface area (Å²) in [5, 5.41) is 65.4. The van der Waals surface area contributed by atoms with Crippen molar-refractivity contribution in [2.45, 2.75) is 45.3 Å². The monoisotopic (exact) mass is 446 g/mol. The Morgan fingerprint density at radius 1 is 0.800 bits per heavy atom. The van der Waals surface area contributed by atoms with Gasteiger partial charge in [-0.2, -0.15) is 0 Å². The number of aliphatic hydroxyl groups excluding tert-OH is 2. The van der Waals surface area contributed by atoms with E-state index in [0.717, 1.165) is 13.8 Å². The molecule has 0 amide bonds. The molecule has 0 bridgehead atoms. The zero-order valence-corrected chi connectivity index (χ0v) is 16.3. The van der Waals surface area contributed by atoms with Gasteiger partial charge < -0.3 is 45.6 Å². The second-order valence-corrected chi connectivity index (χ2v) is 5.15. The Hall–Kier alpha value is -3.30. The summed E-state index contributed by atoms with van der Waals surface area (Å²) < 4.78 is 4.35. The van der Waals surface area contributed by atoms with E-state index >= 15 is 0 Å². The molecule has 0 radical (unpaired) electrons. The van der Waals surface area contributed by atoms with Crippen molar-refractivity contribution in [3.05, 3.63) is 0 Å². The summed E-state index contributed by atoms with van der Waals surface area (Å²) in [6.45, 7) is 2.89. The van der Waals surface area contributed by atoms with Crippen molar-refractivity contribution < 1.29 is 74.4 Å². The number of hydrogen-bond acceptors (Lipinski definition) is 10. The summed E-state index contributed by atoms with van der Waals surface area (Å²) in [7, 11) is 0. The lowest BCUT2D eigenvalue weighted by Crippen LogP contribution is -2.42. The van der Waals surface area contributed by atoms with Gasteiger partial charge in [0.05, 0.1) is 19.4 Å². The molecule has 0 aromatic heterocycles. The molecule has 176 valence electrons. The highest BCUT2D eigenvalue weighted by Crippen LogP contribution is 2.15. The summed E-state index contributed by atoms with van der Waals surface area (Å²) in [5.41, 5.74) is -2.74. The van der Waals surface area contributed by atoms with Crippen molar-refractivity contribution in [3.63, 3.8) is 0 Å². The number of hydrogen-bond donors (Lipinski definition) is 8. The van der Waals surface area contributed by atoms with Gasteiger partial charge in [0.25, 0.3) is 11.9 Å². The molecular formula is C15H26O15. The Balaban J connectivity index is -0.000000171. The molecule has 0 aliphatic heterocycles. The van der Waals surface area contributed by atoms with Gasteiger partial charge in [0.1, 0.15) is 12.7 Å². The first-order chi connectivity index (χ1) is 13.4. The fourth-order valence-corrected chi connectivity index (χ4v) is 0.980. The lowest BCUT2D eigenvalue weighted by atomic mass is 9.96. The van der Waals surface area contributed by atoms with Gasteiger partial charge in [0, 0.05) is 20.8 Å². The number of esters is 1.